The third-order valence-electron chi connectivity index (χ3n) is 2.76. The van der Waals surface area contributed by atoms with E-state index >= 15 is 0 Å². The van der Waals surface area contributed by atoms with E-state index in [0.29, 0.717) is 11.8 Å². The number of imidazole rings is 1. The number of aromatic nitrogens is 3. The molecule has 0 aliphatic carbocycles. The van der Waals surface area contributed by atoms with Crippen LogP contribution in [0.15, 0.2) is 45.3 Å². The van der Waals surface area contributed by atoms with Gasteiger partial charge in [0.1, 0.15) is 16.9 Å². The van der Waals surface area contributed by atoms with Crippen LogP contribution >= 0.6 is 11.8 Å². The number of hydrogen-bond acceptors (Lipinski definition) is 5. The van der Waals surface area contributed by atoms with Gasteiger partial charge in [0.15, 0.2) is 0 Å². The summed E-state index contributed by atoms with van der Waals surface area (Å²) in [6, 6.07) is 5.93. The van der Waals surface area contributed by atoms with Gasteiger partial charge in [0.05, 0.1) is 11.4 Å². The molecule has 0 radical (unpaired) electrons. The van der Waals surface area contributed by atoms with E-state index in [2.05, 4.69) is 14.4 Å². The van der Waals surface area contributed by atoms with E-state index in [-0.39, 0.29) is 0 Å². The average molecular weight is 274 g/mol. The van der Waals surface area contributed by atoms with Gasteiger partial charge in [0.2, 0.25) is 0 Å². The van der Waals surface area contributed by atoms with E-state index in [1.807, 2.05) is 31.3 Å². The van der Waals surface area contributed by atoms with E-state index < -0.39 is 0 Å². The van der Waals surface area contributed by atoms with Crippen molar-refractivity contribution in [3.8, 4) is 0 Å². The van der Waals surface area contributed by atoms with Crippen LogP contribution in [0.3, 0.4) is 0 Å². The minimum absolute atomic E-state index is 0.584. The number of aryl methyl sites for hydroxylation is 1. The fourth-order valence-corrected chi connectivity index (χ4v) is 2.84. The van der Waals surface area contributed by atoms with Gasteiger partial charge in [-0.25, -0.2) is 9.97 Å². The van der Waals surface area contributed by atoms with Crippen molar-refractivity contribution in [3.63, 3.8) is 0 Å². The Morgan fingerprint density at radius 2 is 2.26 bits per heavy atom. The molecule has 0 aliphatic heterocycles. The summed E-state index contributed by atoms with van der Waals surface area (Å²) in [5.74, 6) is 0. The molecule has 0 saturated carbocycles. The van der Waals surface area contributed by atoms with Gasteiger partial charge in [0, 0.05) is 12.6 Å². The molecule has 6 heteroatoms. The standard InChI is InChI=1S/C13H14N4OS/c1-9-8-18-13(15-9)19-12-10(5-6-14)17-7-3-2-4-11(17)16-12/h2-4,7-8H,5-6,14H2,1H3. The summed E-state index contributed by atoms with van der Waals surface area (Å²) in [4.78, 5) is 8.90. The highest BCUT2D eigenvalue weighted by atomic mass is 32.2. The van der Waals surface area contributed by atoms with E-state index in [4.69, 9.17) is 10.2 Å². The second-order valence-electron chi connectivity index (χ2n) is 4.19. The molecular weight excluding hydrogens is 260 g/mol. The van der Waals surface area contributed by atoms with E-state index in [9.17, 15) is 0 Å². The molecule has 0 unspecified atom stereocenters. The lowest BCUT2D eigenvalue weighted by molar-refractivity contribution is 0.453. The highest BCUT2D eigenvalue weighted by Crippen LogP contribution is 2.30. The first kappa shape index (κ1) is 12.3. The molecule has 3 heterocycles. The molecule has 3 aromatic heterocycles. The van der Waals surface area contributed by atoms with Crippen molar-refractivity contribution in [1.29, 1.82) is 0 Å². The van der Waals surface area contributed by atoms with Gasteiger partial charge in [-0.1, -0.05) is 6.07 Å². The first-order chi connectivity index (χ1) is 9.28. The molecule has 19 heavy (non-hydrogen) atoms. The Hall–Kier alpha value is -1.79. The van der Waals surface area contributed by atoms with Crippen LogP contribution in [0, 0.1) is 6.92 Å². The van der Waals surface area contributed by atoms with Gasteiger partial charge in [0.25, 0.3) is 5.22 Å². The molecule has 0 saturated heterocycles. The SMILES string of the molecule is Cc1coc(Sc2nc3ccccn3c2CCN)n1. The predicted molar refractivity (Wildman–Crippen MR) is 73.3 cm³/mol. The summed E-state index contributed by atoms with van der Waals surface area (Å²) < 4.78 is 7.43. The van der Waals surface area contributed by atoms with Gasteiger partial charge >= 0.3 is 0 Å². The molecule has 0 bridgehead atoms. The van der Waals surface area contributed by atoms with Crippen LogP contribution in [0.2, 0.25) is 0 Å². The van der Waals surface area contributed by atoms with Crippen LogP contribution in [0.1, 0.15) is 11.4 Å². The molecule has 98 valence electrons. The van der Waals surface area contributed by atoms with Crippen LogP contribution < -0.4 is 5.73 Å². The maximum absolute atomic E-state index is 5.69. The van der Waals surface area contributed by atoms with Gasteiger partial charge < -0.3 is 14.6 Å². The molecule has 0 fully saturated rings. The minimum atomic E-state index is 0.584. The molecule has 0 aromatic carbocycles. The fraction of sp³-hybridized carbons (Fsp3) is 0.231. The summed E-state index contributed by atoms with van der Waals surface area (Å²) >= 11 is 1.44. The lowest BCUT2D eigenvalue weighted by Gasteiger charge is -2.01. The molecule has 5 nitrogen and oxygen atoms in total. The largest absolute Gasteiger partial charge is 0.439 e. The zero-order valence-corrected chi connectivity index (χ0v) is 11.4. The zero-order chi connectivity index (χ0) is 13.2. The Bertz CT molecular complexity index is 704. The molecular formula is C13H14N4OS. The molecule has 2 N–H and O–H groups in total. The van der Waals surface area contributed by atoms with E-state index in [0.717, 1.165) is 28.5 Å². The molecule has 0 aliphatic rings. The number of oxazole rings is 1. The number of hydrogen-bond donors (Lipinski definition) is 1. The van der Waals surface area contributed by atoms with Crippen LogP contribution in [-0.4, -0.2) is 20.9 Å². The number of fused-ring (bicyclic) bond motifs is 1. The Labute approximate surface area is 114 Å². The van der Waals surface area contributed by atoms with E-state index in [1.54, 1.807) is 6.26 Å². The highest BCUT2D eigenvalue weighted by Gasteiger charge is 2.14. The Morgan fingerprint density at radius 3 is 3.00 bits per heavy atom. The Balaban J connectivity index is 2.04. The van der Waals surface area contributed by atoms with Crippen LogP contribution in [0.4, 0.5) is 0 Å². The highest BCUT2D eigenvalue weighted by molar-refractivity contribution is 7.99. The third kappa shape index (κ3) is 2.36. The summed E-state index contributed by atoms with van der Waals surface area (Å²) in [5.41, 5.74) is 8.56. The molecule has 0 amide bonds. The van der Waals surface area contributed by atoms with Gasteiger partial charge in [-0.3, -0.25) is 0 Å². The summed E-state index contributed by atoms with van der Waals surface area (Å²) in [6.45, 7) is 2.49. The lowest BCUT2D eigenvalue weighted by atomic mass is 10.3. The summed E-state index contributed by atoms with van der Waals surface area (Å²) in [7, 11) is 0. The van der Waals surface area contributed by atoms with Crippen LogP contribution in [0.5, 0.6) is 0 Å². The third-order valence-corrected chi connectivity index (χ3v) is 3.64. The normalized spacial score (nSPS) is 11.3. The van der Waals surface area contributed by atoms with Gasteiger partial charge in [-0.05, 0) is 37.4 Å². The number of nitrogens with two attached hydrogens (primary N) is 1. The number of pyridine rings is 1. The lowest BCUT2D eigenvalue weighted by Crippen LogP contribution is -2.05. The molecule has 3 rings (SSSR count). The Morgan fingerprint density at radius 1 is 1.37 bits per heavy atom. The molecule has 0 spiro atoms. The van der Waals surface area contributed by atoms with Crippen molar-refractivity contribution in [2.45, 2.75) is 23.6 Å². The van der Waals surface area contributed by atoms with Gasteiger partial charge in [-0.2, -0.15) is 0 Å². The van der Waals surface area contributed by atoms with Crippen molar-refractivity contribution >= 4 is 17.4 Å². The van der Waals surface area contributed by atoms with E-state index in [1.165, 1.54) is 11.8 Å². The quantitative estimate of drug-likeness (QED) is 0.790. The van der Waals surface area contributed by atoms with Crippen molar-refractivity contribution < 1.29 is 4.42 Å². The monoisotopic (exact) mass is 274 g/mol. The Kier molecular flexibility index (Phi) is 3.27. The molecule has 3 aromatic rings. The zero-order valence-electron chi connectivity index (χ0n) is 10.5. The smallest absolute Gasteiger partial charge is 0.262 e. The fourth-order valence-electron chi connectivity index (χ4n) is 1.93. The van der Waals surface area contributed by atoms with Crippen molar-refractivity contribution in [1.82, 2.24) is 14.4 Å². The van der Waals surface area contributed by atoms with Crippen molar-refractivity contribution in [2.24, 2.45) is 5.73 Å². The van der Waals surface area contributed by atoms with Gasteiger partial charge in [-0.15, -0.1) is 0 Å². The minimum Gasteiger partial charge on any atom is -0.439 e. The van der Waals surface area contributed by atoms with Crippen molar-refractivity contribution in [2.75, 3.05) is 6.54 Å². The first-order valence-electron chi connectivity index (χ1n) is 6.04. The summed E-state index contributed by atoms with van der Waals surface area (Å²) in [6.07, 6.45) is 4.41. The van der Waals surface area contributed by atoms with Crippen LogP contribution in [-0.2, 0) is 6.42 Å². The number of rotatable bonds is 4. The topological polar surface area (TPSA) is 69.3 Å². The maximum atomic E-state index is 5.69. The number of nitrogens with zero attached hydrogens (tertiary/aromatic N) is 3. The second kappa shape index (κ2) is 5.07. The first-order valence-corrected chi connectivity index (χ1v) is 6.85. The average Bonchev–Trinajstić information content (AvgIpc) is 2.96. The second-order valence-corrected chi connectivity index (χ2v) is 5.13. The predicted octanol–water partition coefficient (Wildman–Crippen LogP) is 2.28. The van der Waals surface area contributed by atoms with Crippen LogP contribution in [0.25, 0.3) is 5.65 Å². The van der Waals surface area contributed by atoms with Crippen molar-refractivity contribution in [3.05, 3.63) is 42.0 Å². The maximum Gasteiger partial charge on any atom is 0.262 e. The molecule has 0 atom stereocenters. The summed E-state index contributed by atoms with van der Waals surface area (Å²) in [5, 5.41) is 1.51.